The van der Waals surface area contributed by atoms with E-state index in [4.69, 9.17) is 14.2 Å². The van der Waals surface area contributed by atoms with Gasteiger partial charge in [0.05, 0.1) is 27.9 Å². The van der Waals surface area contributed by atoms with Gasteiger partial charge in [-0.3, -0.25) is 9.69 Å². The van der Waals surface area contributed by atoms with Gasteiger partial charge in [0.15, 0.2) is 11.5 Å². The first-order chi connectivity index (χ1) is 14.1. The van der Waals surface area contributed by atoms with E-state index in [0.717, 1.165) is 31.7 Å². The molecule has 1 saturated heterocycles. The molecule has 0 aromatic heterocycles. The summed E-state index contributed by atoms with van der Waals surface area (Å²) in [7, 11) is 4.73. The second-order valence-corrected chi connectivity index (χ2v) is 6.91. The summed E-state index contributed by atoms with van der Waals surface area (Å²) in [4.78, 5) is 17.0. The van der Waals surface area contributed by atoms with Gasteiger partial charge in [-0.2, -0.15) is 0 Å². The van der Waals surface area contributed by atoms with Crippen LogP contribution >= 0.6 is 0 Å². The number of ether oxygens (including phenoxy) is 3. The summed E-state index contributed by atoms with van der Waals surface area (Å²) in [5.41, 5.74) is 2.13. The van der Waals surface area contributed by atoms with Crippen molar-refractivity contribution >= 4 is 11.6 Å². The van der Waals surface area contributed by atoms with Gasteiger partial charge in [-0.05, 0) is 29.8 Å². The van der Waals surface area contributed by atoms with E-state index in [-0.39, 0.29) is 5.91 Å². The maximum atomic E-state index is 12.4. The largest absolute Gasteiger partial charge is 0.493 e. The highest BCUT2D eigenvalue weighted by atomic mass is 16.5. The van der Waals surface area contributed by atoms with Crippen molar-refractivity contribution in [2.45, 2.75) is 6.54 Å². The van der Waals surface area contributed by atoms with Gasteiger partial charge in [-0.15, -0.1) is 0 Å². The van der Waals surface area contributed by atoms with Gasteiger partial charge < -0.3 is 24.4 Å². The molecule has 29 heavy (non-hydrogen) atoms. The van der Waals surface area contributed by atoms with E-state index in [1.165, 1.54) is 5.69 Å². The zero-order valence-corrected chi connectivity index (χ0v) is 17.3. The van der Waals surface area contributed by atoms with E-state index in [1.54, 1.807) is 21.3 Å². The molecule has 1 amide bonds. The molecule has 1 fully saturated rings. The zero-order chi connectivity index (χ0) is 20.6. The molecule has 2 aromatic carbocycles. The Morgan fingerprint density at radius 2 is 1.55 bits per heavy atom. The summed E-state index contributed by atoms with van der Waals surface area (Å²) < 4.78 is 16.1. The number of carbonyl (C=O) groups excluding carboxylic acids is 1. The number of piperazine rings is 1. The number of methoxy groups -OCH3 is 3. The van der Waals surface area contributed by atoms with E-state index in [2.05, 4.69) is 39.4 Å². The number of hydrogen-bond donors (Lipinski definition) is 1. The van der Waals surface area contributed by atoms with Crippen molar-refractivity contribution in [2.75, 3.05) is 59.0 Å². The minimum atomic E-state index is 0.00640. The Hall–Kier alpha value is -2.93. The number of amides is 1. The predicted molar refractivity (Wildman–Crippen MR) is 113 cm³/mol. The number of nitrogens with zero attached hydrogens (tertiary/aromatic N) is 2. The third-order valence-electron chi connectivity index (χ3n) is 5.08. The smallest absolute Gasteiger partial charge is 0.234 e. The van der Waals surface area contributed by atoms with Gasteiger partial charge in [0, 0.05) is 38.4 Å². The molecule has 0 aliphatic carbocycles. The Morgan fingerprint density at radius 1 is 0.931 bits per heavy atom. The highest BCUT2D eigenvalue weighted by molar-refractivity contribution is 5.78. The second kappa shape index (κ2) is 10.0. The Balaban J connectivity index is 1.49. The molecule has 1 N–H and O–H groups in total. The number of rotatable bonds is 8. The molecule has 0 spiro atoms. The quantitative estimate of drug-likeness (QED) is 0.734. The zero-order valence-electron chi connectivity index (χ0n) is 17.3. The van der Waals surface area contributed by atoms with Gasteiger partial charge in [0.25, 0.3) is 0 Å². The average molecular weight is 399 g/mol. The fraction of sp³-hybridized carbons (Fsp3) is 0.409. The number of nitrogens with one attached hydrogen (secondary N) is 1. The lowest BCUT2D eigenvalue weighted by Crippen LogP contribution is -2.49. The first kappa shape index (κ1) is 20.8. The summed E-state index contributed by atoms with van der Waals surface area (Å²) in [5, 5.41) is 2.98. The molecular weight excluding hydrogens is 370 g/mol. The molecule has 0 radical (unpaired) electrons. The molecule has 1 aliphatic heterocycles. The van der Waals surface area contributed by atoms with Crippen LogP contribution in [0.15, 0.2) is 42.5 Å². The monoisotopic (exact) mass is 399 g/mol. The second-order valence-electron chi connectivity index (χ2n) is 6.91. The van der Waals surface area contributed by atoms with Crippen LogP contribution in [0.1, 0.15) is 5.56 Å². The van der Waals surface area contributed by atoms with Crippen molar-refractivity contribution in [3.8, 4) is 17.2 Å². The number of anilines is 1. The van der Waals surface area contributed by atoms with Gasteiger partial charge in [-0.1, -0.05) is 18.2 Å². The summed E-state index contributed by atoms with van der Waals surface area (Å²) >= 11 is 0. The third-order valence-corrected chi connectivity index (χ3v) is 5.08. The normalized spacial score (nSPS) is 14.4. The Labute approximate surface area is 172 Å². The molecule has 2 aromatic rings. The summed E-state index contributed by atoms with van der Waals surface area (Å²) in [6, 6.07) is 14.1. The predicted octanol–water partition coefficient (Wildman–Crippen LogP) is 2.15. The van der Waals surface area contributed by atoms with Crippen LogP contribution in [0.2, 0.25) is 0 Å². The van der Waals surface area contributed by atoms with Crippen LogP contribution in [-0.4, -0.2) is 64.9 Å². The standard InChI is InChI=1S/C22H29N3O4/c1-27-19-13-17(14-20(28-2)22(19)29-3)15-23-21(26)16-24-9-11-25(12-10-24)18-7-5-4-6-8-18/h4-8,13-14H,9-12,15-16H2,1-3H3,(H,23,26). The summed E-state index contributed by atoms with van der Waals surface area (Å²) in [6.45, 7) is 4.37. The molecule has 1 aliphatic rings. The van der Waals surface area contributed by atoms with E-state index < -0.39 is 0 Å². The molecule has 0 atom stereocenters. The lowest BCUT2D eigenvalue weighted by molar-refractivity contribution is -0.122. The fourth-order valence-electron chi connectivity index (χ4n) is 3.50. The SMILES string of the molecule is COc1cc(CNC(=O)CN2CCN(c3ccccc3)CC2)cc(OC)c1OC. The first-order valence-corrected chi connectivity index (χ1v) is 9.72. The molecule has 7 nitrogen and oxygen atoms in total. The minimum Gasteiger partial charge on any atom is -0.493 e. The third kappa shape index (κ3) is 5.32. The summed E-state index contributed by atoms with van der Waals surface area (Å²) in [6.07, 6.45) is 0. The van der Waals surface area contributed by atoms with Crippen LogP contribution < -0.4 is 24.4 Å². The van der Waals surface area contributed by atoms with Gasteiger partial charge in [0.1, 0.15) is 0 Å². The van der Waals surface area contributed by atoms with Gasteiger partial charge in [0.2, 0.25) is 11.7 Å². The maximum absolute atomic E-state index is 12.4. The van der Waals surface area contributed by atoms with Crippen molar-refractivity contribution in [2.24, 2.45) is 0 Å². The topological polar surface area (TPSA) is 63.3 Å². The van der Waals surface area contributed by atoms with Crippen LogP contribution in [-0.2, 0) is 11.3 Å². The van der Waals surface area contributed by atoms with Crippen molar-refractivity contribution in [3.63, 3.8) is 0 Å². The number of benzene rings is 2. The van der Waals surface area contributed by atoms with Crippen molar-refractivity contribution < 1.29 is 19.0 Å². The van der Waals surface area contributed by atoms with E-state index >= 15 is 0 Å². The highest BCUT2D eigenvalue weighted by Gasteiger charge is 2.19. The lowest BCUT2D eigenvalue weighted by Gasteiger charge is -2.35. The lowest BCUT2D eigenvalue weighted by atomic mass is 10.1. The van der Waals surface area contributed by atoms with Crippen LogP contribution in [0.5, 0.6) is 17.2 Å². The van der Waals surface area contributed by atoms with Crippen LogP contribution in [0.25, 0.3) is 0 Å². The Bertz CT molecular complexity index is 780. The molecule has 3 rings (SSSR count). The van der Waals surface area contributed by atoms with Crippen LogP contribution in [0.3, 0.4) is 0 Å². The molecule has 0 saturated carbocycles. The van der Waals surface area contributed by atoms with Crippen molar-refractivity contribution in [1.82, 2.24) is 10.2 Å². The molecule has 156 valence electrons. The molecule has 0 bridgehead atoms. The van der Waals surface area contributed by atoms with Crippen LogP contribution in [0, 0.1) is 0 Å². The number of carbonyl (C=O) groups is 1. The van der Waals surface area contributed by atoms with Gasteiger partial charge in [-0.25, -0.2) is 0 Å². The molecule has 7 heteroatoms. The van der Waals surface area contributed by atoms with Crippen molar-refractivity contribution in [1.29, 1.82) is 0 Å². The summed E-state index contributed by atoms with van der Waals surface area (Å²) in [5.74, 6) is 1.70. The molecule has 1 heterocycles. The Kier molecular flexibility index (Phi) is 7.19. The maximum Gasteiger partial charge on any atom is 0.234 e. The molecular formula is C22H29N3O4. The first-order valence-electron chi connectivity index (χ1n) is 9.72. The minimum absolute atomic E-state index is 0.00640. The van der Waals surface area contributed by atoms with E-state index in [1.807, 2.05) is 18.2 Å². The number of hydrogen-bond acceptors (Lipinski definition) is 6. The van der Waals surface area contributed by atoms with Crippen LogP contribution in [0.4, 0.5) is 5.69 Å². The van der Waals surface area contributed by atoms with Crippen molar-refractivity contribution in [3.05, 3.63) is 48.0 Å². The average Bonchev–Trinajstić information content (AvgIpc) is 2.78. The van der Waals surface area contributed by atoms with E-state index in [9.17, 15) is 4.79 Å². The Morgan fingerprint density at radius 3 is 2.10 bits per heavy atom. The van der Waals surface area contributed by atoms with E-state index in [0.29, 0.717) is 30.3 Å². The fourth-order valence-corrected chi connectivity index (χ4v) is 3.50. The molecule has 0 unspecified atom stereocenters. The number of para-hydroxylation sites is 1. The highest BCUT2D eigenvalue weighted by Crippen LogP contribution is 2.38. The van der Waals surface area contributed by atoms with Gasteiger partial charge >= 0.3 is 0 Å².